The minimum absolute atomic E-state index is 0.168. The number of aliphatic hydroxyl groups is 1. The summed E-state index contributed by atoms with van der Waals surface area (Å²) in [5, 5.41) is 19.8. The number of hydrogen-bond acceptors (Lipinski definition) is 4. The average Bonchev–Trinajstić information content (AvgIpc) is 2.54. The van der Waals surface area contributed by atoms with Crippen LogP contribution in [0.1, 0.15) is 12.0 Å². The third kappa shape index (κ3) is 3.93. The van der Waals surface area contributed by atoms with E-state index in [9.17, 15) is 10.2 Å². The topological polar surface area (TPSA) is 46.9 Å². The molecule has 1 fully saturated rings. The van der Waals surface area contributed by atoms with Crippen LogP contribution in [0, 0.1) is 0 Å². The summed E-state index contributed by atoms with van der Waals surface area (Å²) in [6.07, 6.45) is 1.40. The predicted molar refractivity (Wildman–Crippen MR) is 76.3 cm³/mol. The zero-order valence-electron chi connectivity index (χ0n) is 11.8. The molecule has 2 atom stereocenters. The van der Waals surface area contributed by atoms with Crippen LogP contribution in [0.25, 0.3) is 0 Å². The summed E-state index contributed by atoms with van der Waals surface area (Å²) < 4.78 is 0. The highest BCUT2D eigenvalue weighted by molar-refractivity contribution is 5.26. The van der Waals surface area contributed by atoms with Gasteiger partial charge in [-0.15, -0.1) is 0 Å². The van der Waals surface area contributed by atoms with E-state index in [-0.39, 0.29) is 17.9 Å². The quantitative estimate of drug-likeness (QED) is 0.853. The third-order valence-electron chi connectivity index (χ3n) is 3.94. The fourth-order valence-electron chi connectivity index (χ4n) is 2.73. The van der Waals surface area contributed by atoms with Gasteiger partial charge in [0.15, 0.2) is 0 Å². The first-order valence-electron chi connectivity index (χ1n) is 6.91. The van der Waals surface area contributed by atoms with Crippen molar-refractivity contribution in [3.05, 3.63) is 29.8 Å². The second-order valence-electron chi connectivity index (χ2n) is 5.60. The van der Waals surface area contributed by atoms with Crippen molar-refractivity contribution < 1.29 is 10.2 Å². The van der Waals surface area contributed by atoms with Gasteiger partial charge in [0.25, 0.3) is 0 Å². The molecule has 19 heavy (non-hydrogen) atoms. The standard InChI is InChI=1S/C15H24N2O2/c1-16-8-3-9-17(2)14(11-16)15(19)10-12-4-6-13(18)7-5-12/h4-7,14-15,18-19H,3,8-11H2,1-2H3. The third-order valence-corrected chi connectivity index (χ3v) is 3.94. The lowest BCUT2D eigenvalue weighted by Crippen LogP contribution is -2.46. The summed E-state index contributed by atoms with van der Waals surface area (Å²) in [6.45, 7) is 3.02. The van der Waals surface area contributed by atoms with Crippen LogP contribution in [0.5, 0.6) is 5.75 Å². The second kappa shape index (κ2) is 6.37. The van der Waals surface area contributed by atoms with Gasteiger partial charge in [-0.2, -0.15) is 0 Å². The first-order valence-corrected chi connectivity index (χ1v) is 6.91. The van der Waals surface area contributed by atoms with Gasteiger partial charge < -0.3 is 15.1 Å². The molecule has 0 bridgehead atoms. The van der Waals surface area contributed by atoms with Crippen LogP contribution in [0.15, 0.2) is 24.3 Å². The molecule has 1 aliphatic heterocycles. The van der Waals surface area contributed by atoms with Crippen molar-refractivity contribution in [2.45, 2.75) is 25.0 Å². The fourth-order valence-corrected chi connectivity index (χ4v) is 2.73. The molecule has 1 aromatic carbocycles. The van der Waals surface area contributed by atoms with Crippen molar-refractivity contribution in [2.24, 2.45) is 0 Å². The highest BCUT2D eigenvalue weighted by atomic mass is 16.3. The summed E-state index contributed by atoms with van der Waals surface area (Å²) in [5.74, 6) is 0.268. The summed E-state index contributed by atoms with van der Waals surface area (Å²) in [5.41, 5.74) is 1.06. The normalized spacial score (nSPS) is 24.1. The number of aliphatic hydroxyl groups excluding tert-OH is 1. The Hall–Kier alpha value is -1.10. The van der Waals surface area contributed by atoms with E-state index >= 15 is 0 Å². The maximum absolute atomic E-state index is 10.5. The van der Waals surface area contributed by atoms with Crippen LogP contribution >= 0.6 is 0 Å². The Balaban J connectivity index is 2.00. The number of aromatic hydroxyl groups is 1. The monoisotopic (exact) mass is 264 g/mol. The zero-order chi connectivity index (χ0) is 13.8. The Labute approximate surface area is 115 Å². The van der Waals surface area contributed by atoms with Gasteiger partial charge in [0, 0.05) is 12.6 Å². The lowest BCUT2D eigenvalue weighted by molar-refractivity contribution is 0.0581. The Morgan fingerprint density at radius 3 is 2.58 bits per heavy atom. The maximum atomic E-state index is 10.5. The number of benzene rings is 1. The Morgan fingerprint density at radius 1 is 1.21 bits per heavy atom. The molecular formula is C15H24N2O2. The van der Waals surface area contributed by atoms with E-state index in [1.807, 2.05) is 12.1 Å². The van der Waals surface area contributed by atoms with Crippen LogP contribution < -0.4 is 0 Å². The smallest absolute Gasteiger partial charge is 0.115 e. The van der Waals surface area contributed by atoms with Crippen LogP contribution in [0.2, 0.25) is 0 Å². The van der Waals surface area contributed by atoms with Crippen molar-refractivity contribution in [3.8, 4) is 5.75 Å². The van der Waals surface area contributed by atoms with E-state index in [1.165, 1.54) is 0 Å². The van der Waals surface area contributed by atoms with Crippen LogP contribution in [-0.4, -0.2) is 65.9 Å². The SMILES string of the molecule is CN1CCCN(C)C(C(O)Cc2ccc(O)cc2)C1. The zero-order valence-corrected chi connectivity index (χ0v) is 11.8. The number of hydrogen-bond donors (Lipinski definition) is 2. The Morgan fingerprint density at radius 2 is 1.89 bits per heavy atom. The van der Waals surface area contributed by atoms with Crippen molar-refractivity contribution >= 4 is 0 Å². The summed E-state index contributed by atoms with van der Waals surface area (Å²) in [7, 11) is 4.20. The molecule has 2 unspecified atom stereocenters. The van der Waals surface area contributed by atoms with Gasteiger partial charge in [0.2, 0.25) is 0 Å². The molecule has 1 saturated heterocycles. The van der Waals surface area contributed by atoms with Gasteiger partial charge in [-0.05, 0) is 57.7 Å². The minimum atomic E-state index is -0.380. The molecule has 0 spiro atoms. The Kier molecular flexibility index (Phi) is 4.80. The lowest BCUT2D eigenvalue weighted by atomic mass is 10.0. The van der Waals surface area contributed by atoms with Gasteiger partial charge in [-0.3, -0.25) is 4.90 Å². The maximum Gasteiger partial charge on any atom is 0.115 e. The number of likely N-dealkylation sites (N-methyl/N-ethyl adjacent to an activating group) is 2. The highest BCUT2D eigenvalue weighted by Crippen LogP contribution is 2.16. The average molecular weight is 264 g/mol. The molecule has 0 aliphatic carbocycles. The van der Waals surface area contributed by atoms with Crippen LogP contribution in [0.3, 0.4) is 0 Å². The predicted octanol–water partition coefficient (Wildman–Crippen LogP) is 0.931. The summed E-state index contributed by atoms with van der Waals surface area (Å²) in [6, 6.07) is 7.26. The number of nitrogens with zero attached hydrogens (tertiary/aromatic N) is 2. The van der Waals surface area contributed by atoms with Crippen molar-refractivity contribution in [3.63, 3.8) is 0 Å². The molecule has 0 aromatic heterocycles. The van der Waals surface area contributed by atoms with Gasteiger partial charge in [0.1, 0.15) is 5.75 Å². The van der Waals surface area contributed by atoms with E-state index in [2.05, 4.69) is 23.9 Å². The van der Waals surface area contributed by atoms with E-state index < -0.39 is 0 Å². The number of phenols is 1. The summed E-state index contributed by atoms with van der Waals surface area (Å²) >= 11 is 0. The van der Waals surface area contributed by atoms with E-state index in [0.717, 1.165) is 31.6 Å². The van der Waals surface area contributed by atoms with E-state index in [1.54, 1.807) is 12.1 Å². The van der Waals surface area contributed by atoms with Gasteiger partial charge in [-0.25, -0.2) is 0 Å². The van der Waals surface area contributed by atoms with Gasteiger partial charge in [0.05, 0.1) is 6.10 Å². The first kappa shape index (κ1) is 14.3. The molecule has 0 saturated carbocycles. The second-order valence-corrected chi connectivity index (χ2v) is 5.60. The minimum Gasteiger partial charge on any atom is -0.508 e. The van der Waals surface area contributed by atoms with Crippen LogP contribution in [0.4, 0.5) is 0 Å². The summed E-state index contributed by atoms with van der Waals surface area (Å²) in [4.78, 5) is 4.54. The van der Waals surface area contributed by atoms with Gasteiger partial charge in [-0.1, -0.05) is 12.1 Å². The number of phenolic OH excluding ortho intramolecular Hbond substituents is 1. The molecule has 4 nitrogen and oxygen atoms in total. The molecule has 2 N–H and O–H groups in total. The fraction of sp³-hybridized carbons (Fsp3) is 0.600. The van der Waals surface area contributed by atoms with Crippen molar-refractivity contribution in [2.75, 3.05) is 33.7 Å². The molecular weight excluding hydrogens is 240 g/mol. The molecule has 4 heteroatoms. The van der Waals surface area contributed by atoms with E-state index in [0.29, 0.717) is 6.42 Å². The molecule has 1 heterocycles. The lowest BCUT2D eigenvalue weighted by Gasteiger charge is -2.31. The van der Waals surface area contributed by atoms with Crippen molar-refractivity contribution in [1.29, 1.82) is 0 Å². The van der Waals surface area contributed by atoms with Gasteiger partial charge >= 0.3 is 0 Å². The molecule has 1 aromatic rings. The van der Waals surface area contributed by atoms with Crippen LogP contribution in [-0.2, 0) is 6.42 Å². The molecule has 2 rings (SSSR count). The molecule has 0 amide bonds. The van der Waals surface area contributed by atoms with E-state index in [4.69, 9.17) is 0 Å². The largest absolute Gasteiger partial charge is 0.508 e. The number of rotatable bonds is 3. The molecule has 0 radical (unpaired) electrons. The Bertz CT molecular complexity index is 394. The highest BCUT2D eigenvalue weighted by Gasteiger charge is 2.27. The van der Waals surface area contributed by atoms with Crippen molar-refractivity contribution in [1.82, 2.24) is 9.80 Å². The molecule has 1 aliphatic rings. The first-order chi connectivity index (χ1) is 9.06. The molecule has 106 valence electrons.